The van der Waals surface area contributed by atoms with Gasteiger partial charge in [0.15, 0.2) is 5.58 Å². The van der Waals surface area contributed by atoms with E-state index in [9.17, 15) is 4.79 Å². The van der Waals surface area contributed by atoms with Crippen molar-refractivity contribution in [3.8, 4) is 0 Å². The smallest absolute Gasteiger partial charge is 0.257 e. The summed E-state index contributed by atoms with van der Waals surface area (Å²) in [6, 6.07) is 17.8. The summed E-state index contributed by atoms with van der Waals surface area (Å²) in [5.41, 5.74) is 2.52. The number of carbonyl (C=O) groups excluding carboxylic acids is 1. The Morgan fingerprint density at radius 1 is 1.08 bits per heavy atom. The minimum Gasteiger partial charge on any atom is -0.431 e. The lowest BCUT2D eigenvalue weighted by atomic mass is 10.1. The molecule has 0 spiro atoms. The molecule has 1 aliphatic rings. The fraction of sp³-hybridized carbons (Fsp3) is 0.300. The van der Waals surface area contributed by atoms with E-state index in [2.05, 4.69) is 10.3 Å². The fourth-order valence-corrected chi connectivity index (χ4v) is 4.21. The molecule has 1 fully saturated rings. The molecule has 1 amide bonds. The van der Waals surface area contributed by atoms with Crippen LogP contribution in [0.3, 0.4) is 0 Å². The van der Waals surface area contributed by atoms with Crippen molar-refractivity contribution in [1.82, 2.24) is 10.3 Å². The topological polar surface area (TPSA) is 55.1 Å². The number of nitrogens with zero attached hydrogens (tertiary/aromatic N) is 1. The summed E-state index contributed by atoms with van der Waals surface area (Å²) in [4.78, 5) is 17.4. The van der Waals surface area contributed by atoms with Crippen LogP contribution in [0, 0.1) is 0 Å². The van der Waals surface area contributed by atoms with Crippen molar-refractivity contribution in [3.63, 3.8) is 0 Å². The van der Waals surface area contributed by atoms with Crippen LogP contribution in [0.2, 0.25) is 0 Å². The first kappa shape index (κ1) is 16.2. The maximum atomic E-state index is 12.9. The Morgan fingerprint density at radius 2 is 1.80 bits per heavy atom. The highest BCUT2D eigenvalue weighted by Crippen LogP contribution is 2.36. The van der Waals surface area contributed by atoms with E-state index in [1.807, 2.05) is 54.6 Å². The van der Waals surface area contributed by atoms with Crippen LogP contribution in [0.5, 0.6) is 0 Å². The Balaban J connectivity index is 1.59. The highest BCUT2D eigenvalue weighted by Gasteiger charge is 2.27. The van der Waals surface area contributed by atoms with Gasteiger partial charge in [-0.05, 0) is 42.3 Å². The number of fused-ring (bicyclic) bond motifs is 1. The van der Waals surface area contributed by atoms with E-state index < -0.39 is 0 Å². The molecule has 0 bridgehead atoms. The van der Waals surface area contributed by atoms with E-state index in [0.29, 0.717) is 11.3 Å². The van der Waals surface area contributed by atoms with E-state index in [0.717, 1.165) is 29.5 Å². The molecule has 0 saturated heterocycles. The van der Waals surface area contributed by atoms with Crippen LogP contribution in [-0.2, 0) is 4.79 Å². The molecule has 5 heteroatoms. The predicted molar refractivity (Wildman–Crippen MR) is 99.4 cm³/mol. The summed E-state index contributed by atoms with van der Waals surface area (Å²) in [5, 5.41) is 3.36. The van der Waals surface area contributed by atoms with Crippen LogP contribution >= 0.6 is 11.8 Å². The third kappa shape index (κ3) is 3.71. The van der Waals surface area contributed by atoms with Crippen molar-refractivity contribution < 1.29 is 9.21 Å². The van der Waals surface area contributed by atoms with Gasteiger partial charge in [-0.1, -0.05) is 55.3 Å². The standard InChI is InChI=1S/C20H20N2O2S/c23-19(21-15-10-4-5-11-15)18(14-8-2-1-3-9-14)25-20-22-16-12-6-7-13-17(16)24-20/h1-3,6-9,12-13,15,18H,4-5,10-11H2,(H,21,23)/t18-/m1/s1. The zero-order valence-corrected chi connectivity index (χ0v) is 14.7. The third-order valence-electron chi connectivity index (χ3n) is 4.53. The Bertz CT molecular complexity index is 823. The number of rotatable bonds is 5. The second-order valence-electron chi connectivity index (χ2n) is 6.35. The van der Waals surface area contributed by atoms with Gasteiger partial charge in [0.05, 0.1) is 0 Å². The molecule has 0 unspecified atom stereocenters. The third-order valence-corrected chi connectivity index (χ3v) is 5.63. The van der Waals surface area contributed by atoms with Crippen molar-refractivity contribution >= 4 is 28.8 Å². The van der Waals surface area contributed by atoms with Gasteiger partial charge in [0.1, 0.15) is 10.8 Å². The molecule has 1 aromatic heterocycles. The van der Waals surface area contributed by atoms with Crippen LogP contribution in [0.15, 0.2) is 64.2 Å². The number of amides is 1. The molecule has 1 saturated carbocycles. The summed E-state index contributed by atoms with van der Waals surface area (Å²) >= 11 is 1.37. The molecule has 0 radical (unpaired) electrons. The van der Waals surface area contributed by atoms with E-state index >= 15 is 0 Å². The van der Waals surface area contributed by atoms with Gasteiger partial charge in [0.25, 0.3) is 5.22 Å². The second-order valence-corrected chi connectivity index (χ2v) is 7.40. The van der Waals surface area contributed by atoms with E-state index in [1.165, 1.54) is 24.6 Å². The number of para-hydroxylation sites is 2. The monoisotopic (exact) mass is 352 g/mol. The summed E-state index contributed by atoms with van der Waals surface area (Å²) in [7, 11) is 0. The van der Waals surface area contributed by atoms with Gasteiger partial charge in [0, 0.05) is 6.04 Å². The quantitative estimate of drug-likeness (QED) is 0.675. The number of nitrogens with one attached hydrogen (secondary N) is 1. The van der Waals surface area contributed by atoms with Crippen LogP contribution in [0.4, 0.5) is 0 Å². The lowest BCUT2D eigenvalue weighted by molar-refractivity contribution is -0.121. The number of carbonyl (C=O) groups is 1. The Morgan fingerprint density at radius 3 is 2.56 bits per heavy atom. The number of oxazole rings is 1. The molecule has 1 N–H and O–H groups in total. The molecule has 1 heterocycles. The average molecular weight is 352 g/mol. The molecule has 25 heavy (non-hydrogen) atoms. The normalized spacial score (nSPS) is 16.2. The molecule has 0 aliphatic heterocycles. The van der Waals surface area contributed by atoms with Crippen molar-refractivity contribution in [3.05, 3.63) is 60.2 Å². The van der Waals surface area contributed by atoms with Gasteiger partial charge in [-0.2, -0.15) is 0 Å². The molecular weight excluding hydrogens is 332 g/mol. The highest BCUT2D eigenvalue weighted by atomic mass is 32.2. The molecule has 3 aromatic rings. The zero-order valence-electron chi connectivity index (χ0n) is 13.9. The van der Waals surface area contributed by atoms with Crippen LogP contribution in [0.1, 0.15) is 36.5 Å². The first-order valence-electron chi connectivity index (χ1n) is 8.67. The lowest BCUT2D eigenvalue weighted by Gasteiger charge is -2.18. The Labute approximate surface area is 151 Å². The van der Waals surface area contributed by atoms with Gasteiger partial charge in [-0.3, -0.25) is 4.79 Å². The summed E-state index contributed by atoms with van der Waals surface area (Å²) in [5.74, 6) is 0.0327. The average Bonchev–Trinajstić information content (AvgIpc) is 3.29. The summed E-state index contributed by atoms with van der Waals surface area (Å²) < 4.78 is 5.81. The summed E-state index contributed by atoms with van der Waals surface area (Å²) in [6.45, 7) is 0. The maximum absolute atomic E-state index is 12.9. The first-order chi connectivity index (χ1) is 12.3. The number of hydrogen-bond acceptors (Lipinski definition) is 4. The summed E-state index contributed by atoms with van der Waals surface area (Å²) in [6.07, 6.45) is 4.53. The molecule has 128 valence electrons. The molecule has 1 aliphatic carbocycles. The van der Waals surface area contributed by atoms with Crippen LogP contribution in [-0.4, -0.2) is 16.9 Å². The van der Waals surface area contributed by atoms with Crippen LogP contribution in [0.25, 0.3) is 11.1 Å². The SMILES string of the molecule is O=C(NC1CCCC1)[C@H](Sc1nc2ccccc2o1)c1ccccc1. The number of hydrogen-bond donors (Lipinski definition) is 1. The van der Waals surface area contributed by atoms with Crippen molar-refractivity contribution in [2.45, 2.75) is 42.2 Å². The molecule has 1 atom stereocenters. The van der Waals surface area contributed by atoms with Gasteiger partial charge >= 0.3 is 0 Å². The molecule has 4 rings (SSSR count). The number of benzene rings is 2. The molecule has 2 aromatic carbocycles. The fourth-order valence-electron chi connectivity index (χ4n) is 3.25. The van der Waals surface area contributed by atoms with Crippen molar-refractivity contribution in [2.24, 2.45) is 0 Å². The van der Waals surface area contributed by atoms with Gasteiger partial charge in [0.2, 0.25) is 5.91 Å². The molecular formula is C20H20N2O2S. The van der Waals surface area contributed by atoms with Gasteiger partial charge in [-0.25, -0.2) is 4.98 Å². The number of thioether (sulfide) groups is 1. The zero-order chi connectivity index (χ0) is 17.1. The predicted octanol–water partition coefficient (Wildman–Crippen LogP) is 4.72. The van der Waals surface area contributed by atoms with E-state index in [-0.39, 0.29) is 11.2 Å². The molecule has 4 nitrogen and oxygen atoms in total. The van der Waals surface area contributed by atoms with E-state index in [1.54, 1.807) is 0 Å². The Kier molecular flexibility index (Phi) is 4.74. The highest BCUT2D eigenvalue weighted by molar-refractivity contribution is 8.00. The Hall–Kier alpha value is -2.27. The maximum Gasteiger partial charge on any atom is 0.257 e. The van der Waals surface area contributed by atoms with E-state index in [4.69, 9.17) is 4.42 Å². The minimum absolute atomic E-state index is 0.0327. The number of aromatic nitrogens is 1. The van der Waals surface area contributed by atoms with Gasteiger partial charge < -0.3 is 9.73 Å². The van der Waals surface area contributed by atoms with Crippen molar-refractivity contribution in [1.29, 1.82) is 0 Å². The van der Waals surface area contributed by atoms with Crippen LogP contribution < -0.4 is 5.32 Å². The largest absolute Gasteiger partial charge is 0.431 e. The van der Waals surface area contributed by atoms with Crippen molar-refractivity contribution in [2.75, 3.05) is 0 Å². The minimum atomic E-state index is -0.366. The first-order valence-corrected chi connectivity index (χ1v) is 9.55. The second kappa shape index (κ2) is 7.31. The van der Waals surface area contributed by atoms with Gasteiger partial charge in [-0.15, -0.1) is 0 Å². The lowest BCUT2D eigenvalue weighted by Crippen LogP contribution is -2.35.